The minimum absolute atomic E-state index is 0.0636. The van der Waals surface area contributed by atoms with Crippen molar-refractivity contribution in [2.75, 3.05) is 5.32 Å². The summed E-state index contributed by atoms with van der Waals surface area (Å²) in [6.45, 7) is 2.42. The van der Waals surface area contributed by atoms with Crippen LogP contribution in [0.2, 0.25) is 5.02 Å². The Morgan fingerprint density at radius 1 is 1.10 bits per heavy atom. The Hall–Kier alpha value is -2.67. The average molecular weight is 455 g/mol. The van der Waals surface area contributed by atoms with Crippen LogP contribution in [0, 0.1) is 6.92 Å². The van der Waals surface area contributed by atoms with Gasteiger partial charge < -0.3 is 10.1 Å². The Morgan fingerprint density at radius 3 is 2.57 bits per heavy atom. The van der Waals surface area contributed by atoms with Crippen LogP contribution in [0.3, 0.4) is 0 Å². The van der Waals surface area contributed by atoms with Gasteiger partial charge in [-0.25, -0.2) is 4.98 Å². The zero-order chi connectivity index (χ0) is 20.9. The maximum absolute atomic E-state index is 12.6. The second kappa shape index (κ2) is 9.43. The molecule has 2 aromatic carbocycles. The van der Waals surface area contributed by atoms with Crippen molar-refractivity contribution >= 4 is 45.9 Å². The normalized spacial score (nSPS) is 10.7. The molecule has 1 N–H and O–H groups in total. The van der Waals surface area contributed by atoms with E-state index in [1.54, 1.807) is 22.7 Å². The lowest BCUT2D eigenvalue weighted by Gasteiger charge is -2.09. The molecule has 0 radical (unpaired) electrons. The molecule has 0 spiro atoms. The van der Waals surface area contributed by atoms with Gasteiger partial charge in [-0.05, 0) is 60.3 Å². The van der Waals surface area contributed by atoms with E-state index in [0.717, 1.165) is 37.5 Å². The molecule has 152 valence electrons. The second-order valence-electron chi connectivity index (χ2n) is 6.65. The lowest BCUT2D eigenvalue weighted by Crippen LogP contribution is -2.14. The number of carbonyl (C=O) groups is 1. The summed E-state index contributed by atoms with van der Waals surface area (Å²) in [6, 6.07) is 18.9. The van der Waals surface area contributed by atoms with E-state index >= 15 is 0 Å². The Morgan fingerprint density at radius 2 is 1.87 bits per heavy atom. The summed E-state index contributed by atoms with van der Waals surface area (Å²) in [4.78, 5) is 19.2. The largest absolute Gasteiger partial charge is 0.489 e. The first-order chi connectivity index (χ1) is 14.6. The molecular weight excluding hydrogens is 436 g/mol. The number of aryl methyl sites for hydroxylation is 1. The number of thiophene rings is 1. The molecule has 2 heterocycles. The molecule has 0 fully saturated rings. The number of thiazole rings is 1. The predicted molar refractivity (Wildman–Crippen MR) is 125 cm³/mol. The first-order valence-corrected chi connectivity index (χ1v) is 11.4. The molecule has 2 aromatic heterocycles. The van der Waals surface area contributed by atoms with Crippen molar-refractivity contribution in [1.29, 1.82) is 0 Å². The van der Waals surface area contributed by atoms with Crippen LogP contribution in [0.25, 0.3) is 10.6 Å². The number of rotatable bonds is 7. The van der Waals surface area contributed by atoms with Crippen LogP contribution in [0.15, 0.2) is 66.0 Å². The maximum Gasteiger partial charge on any atom is 0.229 e. The van der Waals surface area contributed by atoms with Gasteiger partial charge in [0.05, 0.1) is 22.0 Å². The van der Waals surface area contributed by atoms with Gasteiger partial charge in [-0.2, -0.15) is 0 Å². The van der Waals surface area contributed by atoms with Crippen LogP contribution >= 0.6 is 34.3 Å². The minimum Gasteiger partial charge on any atom is -0.489 e. The monoisotopic (exact) mass is 454 g/mol. The molecule has 1 amide bonds. The van der Waals surface area contributed by atoms with E-state index in [9.17, 15) is 4.79 Å². The van der Waals surface area contributed by atoms with Crippen LogP contribution in [0.5, 0.6) is 5.75 Å². The number of hydrogen-bond acceptors (Lipinski definition) is 5. The van der Waals surface area contributed by atoms with Crippen molar-refractivity contribution in [3.8, 4) is 16.3 Å². The molecule has 0 aliphatic carbocycles. The number of amides is 1. The molecule has 0 bridgehead atoms. The van der Waals surface area contributed by atoms with Crippen LogP contribution < -0.4 is 10.1 Å². The molecule has 0 aliphatic rings. The molecule has 0 saturated heterocycles. The Balaban J connectivity index is 1.34. The number of ether oxygens (including phenoxy) is 1. The first kappa shape index (κ1) is 20.6. The number of halogens is 1. The number of benzene rings is 2. The Labute approximate surface area is 188 Å². The van der Waals surface area contributed by atoms with E-state index in [1.807, 2.05) is 73.0 Å². The number of carbonyl (C=O) groups excluding carboxylic acids is 1. The smallest absolute Gasteiger partial charge is 0.229 e. The molecule has 0 atom stereocenters. The summed E-state index contributed by atoms with van der Waals surface area (Å²) in [5, 5.41) is 6.64. The summed E-state index contributed by atoms with van der Waals surface area (Å²) >= 11 is 9.09. The van der Waals surface area contributed by atoms with Gasteiger partial charge >= 0.3 is 0 Å². The number of nitrogens with one attached hydrogen (secondary N) is 1. The molecular formula is C23H19ClN2O2S2. The fourth-order valence-corrected chi connectivity index (χ4v) is 4.81. The van der Waals surface area contributed by atoms with Crippen molar-refractivity contribution in [1.82, 2.24) is 4.98 Å². The molecule has 0 unspecified atom stereocenters. The highest BCUT2D eigenvalue weighted by Crippen LogP contribution is 2.31. The van der Waals surface area contributed by atoms with Gasteiger partial charge in [-0.3, -0.25) is 4.79 Å². The van der Waals surface area contributed by atoms with E-state index in [1.165, 1.54) is 0 Å². The molecule has 4 rings (SSSR count). The van der Waals surface area contributed by atoms with Gasteiger partial charge in [-0.15, -0.1) is 22.7 Å². The number of hydrogen-bond donors (Lipinski definition) is 1. The van der Waals surface area contributed by atoms with E-state index in [0.29, 0.717) is 18.1 Å². The van der Waals surface area contributed by atoms with Crippen LogP contribution in [0.1, 0.15) is 15.4 Å². The zero-order valence-corrected chi connectivity index (χ0v) is 18.6. The first-order valence-electron chi connectivity index (χ1n) is 9.34. The number of anilines is 1. The molecule has 0 aliphatic heterocycles. The van der Waals surface area contributed by atoms with Gasteiger partial charge in [0.1, 0.15) is 12.4 Å². The third-order valence-electron chi connectivity index (χ3n) is 4.34. The molecule has 4 nitrogen and oxygen atoms in total. The van der Waals surface area contributed by atoms with Crippen molar-refractivity contribution in [2.45, 2.75) is 20.0 Å². The van der Waals surface area contributed by atoms with Crippen LogP contribution in [-0.2, 0) is 17.8 Å². The highest BCUT2D eigenvalue weighted by atomic mass is 35.5. The van der Waals surface area contributed by atoms with E-state index in [-0.39, 0.29) is 5.91 Å². The zero-order valence-electron chi connectivity index (χ0n) is 16.2. The lowest BCUT2D eigenvalue weighted by molar-refractivity contribution is -0.115. The van der Waals surface area contributed by atoms with Gasteiger partial charge in [0.15, 0.2) is 0 Å². The van der Waals surface area contributed by atoms with Gasteiger partial charge in [0.25, 0.3) is 0 Å². The Bertz CT molecular complexity index is 1120. The fourth-order valence-electron chi connectivity index (χ4n) is 2.93. The lowest BCUT2D eigenvalue weighted by atomic mass is 10.2. The quantitative estimate of drug-likeness (QED) is 0.342. The van der Waals surface area contributed by atoms with Crippen LogP contribution in [-0.4, -0.2) is 10.9 Å². The van der Waals surface area contributed by atoms with Gasteiger partial charge in [0, 0.05) is 15.6 Å². The van der Waals surface area contributed by atoms with Crippen molar-refractivity contribution < 1.29 is 9.53 Å². The SMILES string of the molecule is Cc1nc(-c2cccs2)c(CC(=O)Nc2ccc(OCc3ccc(Cl)cc3)cc2)s1. The maximum atomic E-state index is 12.6. The second-order valence-corrected chi connectivity index (χ2v) is 9.32. The third kappa shape index (κ3) is 5.27. The van der Waals surface area contributed by atoms with Gasteiger partial charge in [-0.1, -0.05) is 29.8 Å². The van der Waals surface area contributed by atoms with E-state index in [4.69, 9.17) is 16.3 Å². The summed E-state index contributed by atoms with van der Waals surface area (Å²) < 4.78 is 5.79. The van der Waals surface area contributed by atoms with Crippen LogP contribution in [0.4, 0.5) is 5.69 Å². The minimum atomic E-state index is -0.0636. The van der Waals surface area contributed by atoms with Crippen molar-refractivity contribution in [3.05, 3.63) is 86.5 Å². The van der Waals surface area contributed by atoms with Gasteiger partial charge in [0.2, 0.25) is 5.91 Å². The molecule has 4 aromatic rings. The summed E-state index contributed by atoms with van der Waals surface area (Å²) in [6.07, 6.45) is 0.299. The molecule has 30 heavy (non-hydrogen) atoms. The molecule has 0 saturated carbocycles. The standard InChI is InChI=1S/C23H19ClN2O2S2/c1-15-25-23(20-3-2-12-29-20)21(30-15)13-22(27)26-18-8-10-19(11-9-18)28-14-16-4-6-17(24)7-5-16/h2-12H,13-14H2,1H3,(H,26,27). The van der Waals surface area contributed by atoms with E-state index < -0.39 is 0 Å². The Kier molecular flexibility index (Phi) is 6.47. The van der Waals surface area contributed by atoms with Crippen molar-refractivity contribution in [3.63, 3.8) is 0 Å². The van der Waals surface area contributed by atoms with E-state index in [2.05, 4.69) is 10.3 Å². The van der Waals surface area contributed by atoms with Crippen molar-refractivity contribution in [2.24, 2.45) is 0 Å². The fraction of sp³-hybridized carbons (Fsp3) is 0.130. The highest BCUT2D eigenvalue weighted by molar-refractivity contribution is 7.15. The topological polar surface area (TPSA) is 51.2 Å². The summed E-state index contributed by atoms with van der Waals surface area (Å²) in [7, 11) is 0. The number of nitrogens with zero attached hydrogens (tertiary/aromatic N) is 1. The summed E-state index contributed by atoms with van der Waals surface area (Å²) in [5.74, 6) is 0.673. The summed E-state index contributed by atoms with van der Waals surface area (Å²) in [5.41, 5.74) is 2.68. The highest BCUT2D eigenvalue weighted by Gasteiger charge is 2.15. The number of aromatic nitrogens is 1. The molecule has 7 heteroatoms. The average Bonchev–Trinajstić information content (AvgIpc) is 3.38. The third-order valence-corrected chi connectivity index (χ3v) is 6.44. The predicted octanol–water partition coefficient (Wildman–Crippen LogP) is 6.59.